The fourth-order valence-corrected chi connectivity index (χ4v) is 2.53. The SMILES string of the molecule is CC(C)C(CNC(=O)CCc1ccccc1O)C(C)C. The zero-order valence-electron chi connectivity index (χ0n) is 13.0. The fraction of sp³-hybridized carbons (Fsp3) is 0.588. The number of phenolic OH excluding ortho intramolecular Hbond substituents is 1. The van der Waals surface area contributed by atoms with Crippen LogP contribution in [0.4, 0.5) is 0 Å². The molecule has 3 nitrogen and oxygen atoms in total. The lowest BCUT2D eigenvalue weighted by Crippen LogP contribution is -2.34. The highest BCUT2D eigenvalue weighted by Crippen LogP contribution is 2.20. The number of aryl methyl sites for hydroxylation is 1. The van der Waals surface area contributed by atoms with Crippen LogP contribution < -0.4 is 5.32 Å². The average molecular weight is 277 g/mol. The van der Waals surface area contributed by atoms with E-state index in [0.717, 1.165) is 12.1 Å². The predicted molar refractivity (Wildman–Crippen MR) is 82.6 cm³/mol. The van der Waals surface area contributed by atoms with Gasteiger partial charge in [-0.05, 0) is 35.8 Å². The molecule has 0 atom stereocenters. The summed E-state index contributed by atoms with van der Waals surface area (Å²) in [5.41, 5.74) is 0.826. The topological polar surface area (TPSA) is 49.3 Å². The Balaban J connectivity index is 2.39. The second-order valence-electron chi connectivity index (χ2n) is 6.08. The first-order valence-electron chi connectivity index (χ1n) is 7.45. The van der Waals surface area contributed by atoms with Crippen molar-refractivity contribution in [2.24, 2.45) is 17.8 Å². The van der Waals surface area contributed by atoms with E-state index in [9.17, 15) is 9.90 Å². The lowest BCUT2D eigenvalue weighted by atomic mass is 9.85. The molecule has 3 heteroatoms. The maximum Gasteiger partial charge on any atom is 0.220 e. The van der Waals surface area contributed by atoms with Crippen molar-refractivity contribution in [1.29, 1.82) is 0 Å². The molecule has 0 aromatic heterocycles. The van der Waals surface area contributed by atoms with Crippen molar-refractivity contribution in [2.45, 2.75) is 40.5 Å². The first-order chi connectivity index (χ1) is 9.41. The second kappa shape index (κ2) is 7.93. The van der Waals surface area contributed by atoms with Gasteiger partial charge in [-0.1, -0.05) is 45.9 Å². The van der Waals surface area contributed by atoms with Gasteiger partial charge in [0.25, 0.3) is 0 Å². The number of carbonyl (C=O) groups is 1. The summed E-state index contributed by atoms with van der Waals surface area (Å²) >= 11 is 0. The molecule has 0 spiro atoms. The minimum atomic E-state index is 0.0551. The van der Waals surface area contributed by atoms with Gasteiger partial charge < -0.3 is 10.4 Å². The predicted octanol–water partition coefficient (Wildman–Crippen LogP) is 3.37. The first-order valence-corrected chi connectivity index (χ1v) is 7.45. The molecule has 0 saturated carbocycles. The normalized spacial score (nSPS) is 11.3. The van der Waals surface area contributed by atoms with E-state index in [2.05, 4.69) is 33.0 Å². The van der Waals surface area contributed by atoms with Gasteiger partial charge in [-0.15, -0.1) is 0 Å². The molecule has 0 fully saturated rings. The van der Waals surface area contributed by atoms with Crippen LogP contribution >= 0.6 is 0 Å². The number of aromatic hydroxyl groups is 1. The highest BCUT2D eigenvalue weighted by atomic mass is 16.3. The van der Waals surface area contributed by atoms with E-state index in [1.54, 1.807) is 12.1 Å². The summed E-state index contributed by atoms with van der Waals surface area (Å²) in [4.78, 5) is 11.9. The minimum Gasteiger partial charge on any atom is -0.508 e. The fourth-order valence-electron chi connectivity index (χ4n) is 2.53. The Morgan fingerprint density at radius 2 is 1.75 bits per heavy atom. The molecular formula is C17H27NO2. The van der Waals surface area contributed by atoms with Crippen molar-refractivity contribution in [1.82, 2.24) is 5.32 Å². The van der Waals surface area contributed by atoms with Gasteiger partial charge in [-0.25, -0.2) is 0 Å². The summed E-state index contributed by atoms with van der Waals surface area (Å²) in [5.74, 6) is 1.95. The van der Waals surface area contributed by atoms with Gasteiger partial charge in [0.1, 0.15) is 5.75 Å². The van der Waals surface area contributed by atoms with E-state index in [4.69, 9.17) is 0 Å². The smallest absolute Gasteiger partial charge is 0.220 e. The molecule has 1 aromatic rings. The lowest BCUT2D eigenvalue weighted by molar-refractivity contribution is -0.121. The molecule has 0 saturated heterocycles. The van der Waals surface area contributed by atoms with E-state index in [1.165, 1.54) is 0 Å². The van der Waals surface area contributed by atoms with Crippen molar-refractivity contribution >= 4 is 5.91 Å². The highest BCUT2D eigenvalue weighted by Gasteiger charge is 2.18. The van der Waals surface area contributed by atoms with Crippen molar-refractivity contribution in [3.63, 3.8) is 0 Å². The monoisotopic (exact) mass is 277 g/mol. The average Bonchev–Trinajstić information content (AvgIpc) is 2.37. The van der Waals surface area contributed by atoms with E-state index in [-0.39, 0.29) is 11.7 Å². The van der Waals surface area contributed by atoms with Crippen LogP contribution in [-0.2, 0) is 11.2 Å². The number of hydrogen-bond acceptors (Lipinski definition) is 2. The summed E-state index contributed by atoms with van der Waals surface area (Å²) in [5, 5.41) is 12.7. The van der Waals surface area contributed by atoms with Crippen LogP contribution in [-0.4, -0.2) is 17.6 Å². The van der Waals surface area contributed by atoms with Crippen LogP contribution in [0.5, 0.6) is 5.75 Å². The number of phenols is 1. The van der Waals surface area contributed by atoms with Gasteiger partial charge >= 0.3 is 0 Å². The van der Waals surface area contributed by atoms with E-state index in [1.807, 2.05) is 12.1 Å². The Hall–Kier alpha value is -1.51. The summed E-state index contributed by atoms with van der Waals surface area (Å²) in [6, 6.07) is 7.17. The number of rotatable bonds is 7. The Bertz CT molecular complexity index is 419. The van der Waals surface area contributed by atoms with Gasteiger partial charge in [-0.3, -0.25) is 4.79 Å². The molecule has 1 rings (SSSR count). The zero-order valence-corrected chi connectivity index (χ0v) is 13.0. The Kier molecular flexibility index (Phi) is 6.56. The number of carbonyl (C=O) groups excluding carboxylic acids is 1. The maximum absolute atomic E-state index is 11.9. The van der Waals surface area contributed by atoms with Gasteiger partial charge in [0.2, 0.25) is 5.91 Å². The Labute approximate surface area is 122 Å². The molecule has 0 radical (unpaired) electrons. The van der Waals surface area contributed by atoms with Gasteiger partial charge in [0.15, 0.2) is 0 Å². The van der Waals surface area contributed by atoms with Crippen molar-refractivity contribution < 1.29 is 9.90 Å². The van der Waals surface area contributed by atoms with Crippen molar-refractivity contribution in [3.05, 3.63) is 29.8 Å². The molecule has 0 unspecified atom stereocenters. The van der Waals surface area contributed by atoms with Gasteiger partial charge in [0, 0.05) is 13.0 Å². The summed E-state index contributed by atoms with van der Waals surface area (Å²) in [7, 11) is 0. The lowest BCUT2D eigenvalue weighted by Gasteiger charge is -2.25. The molecule has 0 aliphatic carbocycles. The third-order valence-corrected chi connectivity index (χ3v) is 3.86. The largest absolute Gasteiger partial charge is 0.508 e. The zero-order chi connectivity index (χ0) is 15.1. The van der Waals surface area contributed by atoms with E-state index < -0.39 is 0 Å². The summed E-state index contributed by atoms with van der Waals surface area (Å²) in [6.45, 7) is 9.50. The van der Waals surface area contributed by atoms with Gasteiger partial charge in [-0.2, -0.15) is 0 Å². The number of benzene rings is 1. The molecule has 0 bridgehead atoms. The molecule has 2 N–H and O–H groups in total. The Morgan fingerprint density at radius 1 is 1.15 bits per heavy atom. The number of hydrogen-bond donors (Lipinski definition) is 2. The second-order valence-corrected chi connectivity index (χ2v) is 6.08. The summed E-state index contributed by atoms with van der Waals surface area (Å²) < 4.78 is 0. The van der Waals surface area contributed by atoms with Crippen LogP contribution in [0.15, 0.2) is 24.3 Å². The standard InChI is InChI=1S/C17H27NO2/c1-12(2)15(13(3)4)11-18-17(20)10-9-14-7-5-6-8-16(14)19/h5-8,12-13,15,19H,9-11H2,1-4H3,(H,18,20). The minimum absolute atomic E-state index is 0.0551. The molecule has 20 heavy (non-hydrogen) atoms. The summed E-state index contributed by atoms with van der Waals surface area (Å²) in [6.07, 6.45) is 0.993. The quantitative estimate of drug-likeness (QED) is 0.803. The Morgan fingerprint density at radius 3 is 2.30 bits per heavy atom. The van der Waals surface area contributed by atoms with Crippen LogP contribution in [0.3, 0.4) is 0 Å². The van der Waals surface area contributed by atoms with Crippen LogP contribution in [0.2, 0.25) is 0 Å². The molecule has 1 amide bonds. The number of nitrogens with one attached hydrogen (secondary N) is 1. The molecule has 112 valence electrons. The number of para-hydroxylation sites is 1. The first kappa shape index (κ1) is 16.5. The van der Waals surface area contributed by atoms with E-state index >= 15 is 0 Å². The molecule has 1 aromatic carbocycles. The third-order valence-electron chi connectivity index (χ3n) is 3.86. The third kappa shape index (κ3) is 5.24. The number of amides is 1. The van der Waals surface area contributed by atoms with E-state index in [0.29, 0.717) is 30.6 Å². The molecular weight excluding hydrogens is 250 g/mol. The highest BCUT2D eigenvalue weighted by molar-refractivity contribution is 5.76. The van der Waals surface area contributed by atoms with Crippen molar-refractivity contribution in [3.8, 4) is 5.75 Å². The maximum atomic E-state index is 11.9. The molecule has 0 aliphatic heterocycles. The molecule has 0 heterocycles. The van der Waals surface area contributed by atoms with Crippen LogP contribution in [0, 0.1) is 17.8 Å². The van der Waals surface area contributed by atoms with Crippen LogP contribution in [0.25, 0.3) is 0 Å². The van der Waals surface area contributed by atoms with Crippen LogP contribution in [0.1, 0.15) is 39.7 Å². The van der Waals surface area contributed by atoms with Gasteiger partial charge in [0.05, 0.1) is 0 Å². The molecule has 0 aliphatic rings. The van der Waals surface area contributed by atoms with Crippen molar-refractivity contribution in [2.75, 3.05) is 6.54 Å².